The first-order valence-corrected chi connectivity index (χ1v) is 11.0. The van der Waals surface area contributed by atoms with Crippen molar-refractivity contribution in [2.24, 2.45) is 5.92 Å². The lowest BCUT2D eigenvalue weighted by Gasteiger charge is -2.22. The standard InChI is InChI=1S/C22H25ClF3NO2S/c1-4-15(28)11-16(7-12(2)3)30-20-8-13(5-6-17(20)23)22(29)27-14-9-18(24)21(26)19(25)10-14/h5-6,8-10,12,15-16,28H,4,7,11H2,1-3H3,(H,27,29). The van der Waals surface area contributed by atoms with Gasteiger partial charge in [0.25, 0.3) is 5.91 Å². The minimum absolute atomic E-state index is 0.107. The number of aliphatic hydroxyl groups is 1. The van der Waals surface area contributed by atoms with Gasteiger partial charge in [-0.25, -0.2) is 13.2 Å². The second-order valence-corrected chi connectivity index (χ2v) is 9.27. The first-order valence-electron chi connectivity index (χ1n) is 9.70. The number of nitrogens with one attached hydrogen (secondary N) is 1. The Labute approximate surface area is 184 Å². The van der Waals surface area contributed by atoms with E-state index in [9.17, 15) is 23.1 Å². The number of anilines is 1. The molecule has 0 aromatic heterocycles. The van der Waals surface area contributed by atoms with Gasteiger partial charge in [0, 0.05) is 33.5 Å². The summed E-state index contributed by atoms with van der Waals surface area (Å²) < 4.78 is 39.9. The van der Waals surface area contributed by atoms with Gasteiger partial charge in [-0.1, -0.05) is 32.4 Å². The van der Waals surface area contributed by atoms with E-state index in [2.05, 4.69) is 19.2 Å². The third kappa shape index (κ3) is 6.93. The summed E-state index contributed by atoms with van der Waals surface area (Å²) in [5.74, 6) is -4.55. The second kappa shape index (κ2) is 11.1. The van der Waals surface area contributed by atoms with Crippen molar-refractivity contribution in [3.8, 4) is 0 Å². The van der Waals surface area contributed by atoms with Gasteiger partial charge in [0.2, 0.25) is 0 Å². The zero-order valence-corrected chi connectivity index (χ0v) is 18.6. The Morgan fingerprint density at radius 1 is 1.13 bits per heavy atom. The molecule has 0 heterocycles. The Morgan fingerprint density at radius 3 is 2.33 bits per heavy atom. The topological polar surface area (TPSA) is 49.3 Å². The number of rotatable bonds is 9. The summed E-state index contributed by atoms with van der Waals surface area (Å²) in [5, 5.41) is 13.0. The van der Waals surface area contributed by atoms with Crippen molar-refractivity contribution >= 4 is 35.0 Å². The zero-order chi connectivity index (χ0) is 22.4. The Kier molecular flexibility index (Phi) is 9.07. The average molecular weight is 460 g/mol. The molecule has 8 heteroatoms. The molecule has 0 saturated heterocycles. The van der Waals surface area contributed by atoms with Crippen molar-refractivity contribution in [2.45, 2.75) is 56.3 Å². The summed E-state index contributed by atoms with van der Waals surface area (Å²) in [5.41, 5.74) is 0.0516. The third-order valence-electron chi connectivity index (χ3n) is 4.47. The maximum absolute atomic E-state index is 13.4. The average Bonchev–Trinajstić information content (AvgIpc) is 2.66. The molecule has 164 valence electrons. The highest BCUT2D eigenvalue weighted by Crippen LogP contribution is 2.36. The maximum Gasteiger partial charge on any atom is 0.255 e. The lowest BCUT2D eigenvalue weighted by molar-refractivity contribution is 0.102. The van der Waals surface area contributed by atoms with E-state index < -0.39 is 29.5 Å². The van der Waals surface area contributed by atoms with Crippen LogP contribution in [0.3, 0.4) is 0 Å². The maximum atomic E-state index is 13.4. The fraction of sp³-hybridized carbons (Fsp3) is 0.409. The van der Waals surface area contributed by atoms with E-state index in [-0.39, 0.29) is 16.5 Å². The molecule has 0 radical (unpaired) electrons. The molecular formula is C22H25ClF3NO2S. The minimum Gasteiger partial charge on any atom is -0.393 e. The van der Waals surface area contributed by atoms with Crippen LogP contribution in [-0.4, -0.2) is 22.4 Å². The molecule has 0 aliphatic carbocycles. The fourth-order valence-electron chi connectivity index (χ4n) is 2.93. The van der Waals surface area contributed by atoms with Crippen molar-refractivity contribution in [2.75, 3.05) is 5.32 Å². The highest BCUT2D eigenvalue weighted by Gasteiger charge is 2.19. The molecule has 0 fully saturated rings. The van der Waals surface area contributed by atoms with Crippen molar-refractivity contribution in [1.29, 1.82) is 0 Å². The van der Waals surface area contributed by atoms with Gasteiger partial charge < -0.3 is 10.4 Å². The van der Waals surface area contributed by atoms with Crippen LogP contribution in [0.5, 0.6) is 0 Å². The molecule has 0 aliphatic heterocycles. The van der Waals surface area contributed by atoms with E-state index in [1.54, 1.807) is 12.1 Å². The number of halogens is 4. The fourth-order valence-corrected chi connectivity index (χ4v) is 4.72. The van der Waals surface area contributed by atoms with Crippen LogP contribution in [0.15, 0.2) is 35.2 Å². The van der Waals surface area contributed by atoms with E-state index in [0.29, 0.717) is 40.8 Å². The lowest BCUT2D eigenvalue weighted by atomic mass is 10.0. The quantitative estimate of drug-likeness (QED) is 0.325. The number of hydrogen-bond donors (Lipinski definition) is 2. The van der Waals surface area contributed by atoms with E-state index >= 15 is 0 Å². The van der Waals surface area contributed by atoms with Crippen molar-refractivity contribution in [1.82, 2.24) is 0 Å². The molecule has 30 heavy (non-hydrogen) atoms. The summed E-state index contributed by atoms with van der Waals surface area (Å²) in [4.78, 5) is 13.2. The van der Waals surface area contributed by atoms with Crippen LogP contribution < -0.4 is 5.32 Å². The molecule has 1 amide bonds. The Balaban J connectivity index is 2.21. The predicted molar refractivity (Wildman–Crippen MR) is 116 cm³/mol. The Bertz CT molecular complexity index is 872. The van der Waals surface area contributed by atoms with Gasteiger partial charge >= 0.3 is 0 Å². The number of amides is 1. The molecule has 2 aromatic rings. The largest absolute Gasteiger partial charge is 0.393 e. The van der Waals surface area contributed by atoms with Crippen LogP contribution in [-0.2, 0) is 0 Å². The van der Waals surface area contributed by atoms with Crippen LogP contribution in [0, 0.1) is 23.4 Å². The molecule has 0 aliphatic rings. The molecule has 0 saturated carbocycles. The minimum atomic E-state index is -1.59. The van der Waals surface area contributed by atoms with Gasteiger partial charge in [-0.3, -0.25) is 4.79 Å². The first kappa shape index (κ1) is 24.6. The van der Waals surface area contributed by atoms with Crippen molar-refractivity contribution in [3.05, 3.63) is 58.4 Å². The van der Waals surface area contributed by atoms with Gasteiger partial charge in [-0.2, -0.15) is 0 Å². The monoisotopic (exact) mass is 459 g/mol. The van der Waals surface area contributed by atoms with Gasteiger partial charge in [0.05, 0.1) is 11.1 Å². The second-order valence-electron chi connectivity index (χ2n) is 7.52. The summed E-state index contributed by atoms with van der Waals surface area (Å²) >= 11 is 7.81. The molecule has 2 unspecified atom stereocenters. The molecule has 2 aromatic carbocycles. The first-order chi connectivity index (χ1) is 14.1. The van der Waals surface area contributed by atoms with E-state index in [1.165, 1.54) is 17.8 Å². The van der Waals surface area contributed by atoms with E-state index in [4.69, 9.17) is 11.6 Å². The summed E-state index contributed by atoms with van der Waals surface area (Å²) in [7, 11) is 0. The third-order valence-corrected chi connectivity index (χ3v) is 6.22. The van der Waals surface area contributed by atoms with Gasteiger partial charge in [-0.05, 0) is 43.4 Å². The SMILES string of the molecule is CCC(O)CC(CC(C)C)Sc1cc(C(=O)Nc2cc(F)c(F)c(F)c2)ccc1Cl. The van der Waals surface area contributed by atoms with Gasteiger partial charge in [-0.15, -0.1) is 11.8 Å². The molecular weight excluding hydrogens is 435 g/mol. The number of carbonyl (C=O) groups excluding carboxylic acids is 1. The molecule has 0 bridgehead atoms. The molecule has 3 nitrogen and oxygen atoms in total. The van der Waals surface area contributed by atoms with Crippen LogP contribution in [0.4, 0.5) is 18.9 Å². The summed E-state index contributed by atoms with van der Waals surface area (Å²) in [6.45, 7) is 6.11. The number of aliphatic hydroxyl groups excluding tert-OH is 1. The highest BCUT2D eigenvalue weighted by molar-refractivity contribution is 8.00. The normalized spacial score (nSPS) is 13.4. The molecule has 2 N–H and O–H groups in total. The van der Waals surface area contributed by atoms with E-state index in [0.717, 1.165) is 6.42 Å². The smallest absolute Gasteiger partial charge is 0.255 e. The number of hydrogen-bond acceptors (Lipinski definition) is 3. The van der Waals surface area contributed by atoms with Gasteiger partial charge in [0.15, 0.2) is 17.5 Å². The molecule has 2 rings (SSSR count). The van der Waals surface area contributed by atoms with E-state index in [1.807, 2.05) is 6.92 Å². The van der Waals surface area contributed by atoms with Gasteiger partial charge in [0.1, 0.15) is 0 Å². The predicted octanol–water partition coefficient (Wildman–Crippen LogP) is 6.68. The van der Waals surface area contributed by atoms with Crippen LogP contribution >= 0.6 is 23.4 Å². The van der Waals surface area contributed by atoms with Crippen molar-refractivity contribution < 1.29 is 23.1 Å². The molecule has 0 spiro atoms. The number of benzene rings is 2. The number of thioether (sulfide) groups is 1. The lowest BCUT2D eigenvalue weighted by Crippen LogP contribution is -2.17. The Morgan fingerprint density at radius 2 is 1.77 bits per heavy atom. The highest BCUT2D eigenvalue weighted by atomic mass is 35.5. The number of carbonyl (C=O) groups is 1. The Hall–Kier alpha value is -1.70. The zero-order valence-electron chi connectivity index (χ0n) is 17.0. The van der Waals surface area contributed by atoms with Crippen LogP contribution in [0.1, 0.15) is 50.4 Å². The summed E-state index contributed by atoms with van der Waals surface area (Å²) in [6, 6.07) is 6.10. The summed E-state index contributed by atoms with van der Waals surface area (Å²) in [6.07, 6.45) is 1.69. The van der Waals surface area contributed by atoms with Crippen molar-refractivity contribution in [3.63, 3.8) is 0 Å². The van der Waals surface area contributed by atoms with Crippen LogP contribution in [0.25, 0.3) is 0 Å². The van der Waals surface area contributed by atoms with Crippen LogP contribution in [0.2, 0.25) is 5.02 Å². The molecule has 2 atom stereocenters.